The lowest BCUT2D eigenvalue weighted by Gasteiger charge is -2.09. The van der Waals surface area contributed by atoms with Gasteiger partial charge in [-0.05, 0) is 40.2 Å². The molecular weight excluding hydrogens is 456 g/mol. The Hall–Kier alpha value is -2.36. The van der Waals surface area contributed by atoms with Crippen LogP contribution in [0.3, 0.4) is 0 Å². The molecule has 1 heterocycles. The Bertz CT molecular complexity index is 1010. The number of carbonyl (C=O) groups excluding carboxylic acids is 2. The Balaban J connectivity index is 1.54. The minimum atomic E-state index is -0.289. The van der Waals surface area contributed by atoms with E-state index >= 15 is 0 Å². The number of nitrogens with zero attached hydrogens (tertiary/aromatic N) is 2. The number of ether oxygens (including phenoxy) is 1. The van der Waals surface area contributed by atoms with Crippen molar-refractivity contribution in [2.75, 3.05) is 31.3 Å². The Morgan fingerprint density at radius 3 is 2.69 bits per heavy atom. The Morgan fingerprint density at radius 1 is 1.14 bits per heavy atom. The third-order valence-corrected chi connectivity index (χ3v) is 5.73. The molecule has 2 amide bonds. The summed E-state index contributed by atoms with van der Waals surface area (Å²) < 4.78 is 8.00. The molecule has 2 N–H and O–H groups in total. The summed E-state index contributed by atoms with van der Waals surface area (Å²) in [5.41, 5.74) is 2.53. The predicted molar refractivity (Wildman–Crippen MR) is 118 cm³/mol. The zero-order valence-electron chi connectivity index (χ0n) is 15.9. The maximum Gasteiger partial charge on any atom is 0.243 e. The summed E-state index contributed by atoms with van der Waals surface area (Å²) in [6.45, 7) is 1.10. The minimum Gasteiger partial charge on any atom is -0.383 e. The molecule has 2 aromatic carbocycles. The lowest BCUT2D eigenvalue weighted by molar-refractivity contribution is -0.122. The number of hydrogen-bond donors (Lipinski definition) is 2. The number of amides is 2. The third-order valence-electron chi connectivity index (χ3n) is 4.06. The van der Waals surface area contributed by atoms with Crippen LogP contribution in [-0.2, 0) is 20.9 Å². The molecule has 0 aliphatic rings. The molecule has 0 aliphatic carbocycles. The molecule has 152 valence electrons. The zero-order chi connectivity index (χ0) is 20.6. The largest absolute Gasteiger partial charge is 0.383 e. The Labute approximate surface area is 181 Å². The molecule has 1 aromatic heterocycles. The molecule has 0 spiro atoms. The van der Waals surface area contributed by atoms with Crippen molar-refractivity contribution in [1.82, 2.24) is 14.9 Å². The highest BCUT2D eigenvalue weighted by atomic mass is 79.9. The second-order valence-electron chi connectivity index (χ2n) is 6.12. The van der Waals surface area contributed by atoms with Crippen LogP contribution in [0.15, 0.2) is 58.2 Å². The number of fused-ring (bicyclic) bond motifs is 1. The zero-order valence-corrected chi connectivity index (χ0v) is 18.3. The summed E-state index contributed by atoms with van der Waals surface area (Å²) in [7, 11) is 1.65. The van der Waals surface area contributed by atoms with E-state index in [-0.39, 0.29) is 24.1 Å². The molecule has 0 radical (unpaired) electrons. The van der Waals surface area contributed by atoms with Gasteiger partial charge < -0.3 is 19.9 Å². The summed E-state index contributed by atoms with van der Waals surface area (Å²) in [6.07, 6.45) is 0. The van der Waals surface area contributed by atoms with Crippen LogP contribution in [0.2, 0.25) is 0 Å². The second kappa shape index (κ2) is 10.4. The lowest BCUT2D eigenvalue weighted by atomic mass is 10.3. The van der Waals surface area contributed by atoms with Crippen molar-refractivity contribution in [3.8, 4) is 0 Å². The van der Waals surface area contributed by atoms with Crippen LogP contribution in [-0.4, -0.2) is 47.4 Å². The van der Waals surface area contributed by atoms with Gasteiger partial charge in [-0.15, -0.1) is 0 Å². The lowest BCUT2D eigenvalue weighted by Crippen LogP contribution is -2.34. The van der Waals surface area contributed by atoms with Crippen molar-refractivity contribution < 1.29 is 14.3 Å². The number of benzene rings is 2. The van der Waals surface area contributed by atoms with Gasteiger partial charge in [0.25, 0.3) is 0 Å². The summed E-state index contributed by atoms with van der Waals surface area (Å²) in [5, 5.41) is 6.14. The summed E-state index contributed by atoms with van der Waals surface area (Å²) in [4.78, 5) is 28.9. The summed E-state index contributed by atoms with van der Waals surface area (Å²) in [6, 6.07) is 15.1. The predicted octanol–water partition coefficient (Wildman–Crippen LogP) is 3.29. The van der Waals surface area contributed by atoms with E-state index in [4.69, 9.17) is 4.74 Å². The number of thioether (sulfide) groups is 1. The van der Waals surface area contributed by atoms with Crippen LogP contribution in [0, 0.1) is 0 Å². The molecule has 0 saturated heterocycles. The topological polar surface area (TPSA) is 85.2 Å². The van der Waals surface area contributed by atoms with E-state index in [0.717, 1.165) is 20.7 Å². The van der Waals surface area contributed by atoms with Gasteiger partial charge in [0, 0.05) is 18.1 Å². The Kier molecular flexibility index (Phi) is 7.68. The molecule has 3 aromatic rings. The van der Waals surface area contributed by atoms with E-state index in [2.05, 4.69) is 31.5 Å². The Morgan fingerprint density at radius 2 is 1.90 bits per heavy atom. The fourth-order valence-electron chi connectivity index (χ4n) is 2.68. The molecule has 9 heteroatoms. The van der Waals surface area contributed by atoms with E-state index in [1.165, 1.54) is 11.8 Å². The highest BCUT2D eigenvalue weighted by Crippen LogP contribution is 2.24. The minimum absolute atomic E-state index is 0.0964. The molecule has 29 heavy (non-hydrogen) atoms. The second-order valence-corrected chi connectivity index (χ2v) is 7.92. The maximum absolute atomic E-state index is 12.2. The molecule has 7 nitrogen and oxygen atoms in total. The van der Waals surface area contributed by atoms with Crippen LogP contribution >= 0.6 is 27.7 Å². The molecular formula is C20H21BrN4O3S. The first-order valence-corrected chi connectivity index (χ1v) is 10.7. The van der Waals surface area contributed by atoms with Gasteiger partial charge in [-0.25, -0.2) is 4.98 Å². The number of imidazole rings is 1. The van der Waals surface area contributed by atoms with Crippen LogP contribution < -0.4 is 10.6 Å². The van der Waals surface area contributed by atoms with Crippen molar-refractivity contribution in [2.24, 2.45) is 0 Å². The average molecular weight is 477 g/mol. The van der Waals surface area contributed by atoms with Gasteiger partial charge in [0.05, 0.1) is 35.6 Å². The number of nitrogens with one attached hydrogen (secondary N) is 2. The quantitative estimate of drug-likeness (QED) is 0.462. The highest BCUT2D eigenvalue weighted by molar-refractivity contribution is 9.10. The number of para-hydroxylation sites is 3. The van der Waals surface area contributed by atoms with E-state index < -0.39 is 0 Å². The van der Waals surface area contributed by atoms with E-state index in [1.54, 1.807) is 13.2 Å². The molecule has 0 bridgehead atoms. The van der Waals surface area contributed by atoms with Crippen molar-refractivity contribution >= 4 is 56.2 Å². The number of hydrogen-bond acceptors (Lipinski definition) is 5. The van der Waals surface area contributed by atoms with Gasteiger partial charge in [0.2, 0.25) is 11.8 Å². The van der Waals surface area contributed by atoms with Crippen molar-refractivity contribution in [1.29, 1.82) is 0 Å². The molecule has 0 atom stereocenters. The van der Waals surface area contributed by atoms with Crippen molar-refractivity contribution in [3.63, 3.8) is 0 Å². The molecule has 0 aliphatic heterocycles. The van der Waals surface area contributed by atoms with Gasteiger partial charge in [0.1, 0.15) is 0 Å². The molecule has 3 rings (SSSR count). The van der Waals surface area contributed by atoms with Crippen molar-refractivity contribution in [2.45, 2.75) is 11.7 Å². The van der Waals surface area contributed by atoms with Gasteiger partial charge in [0.15, 0.2) is 5.16 Å². The number of anilines is 1. The average Bonchev–Trinajstić information content (AvgIpc) is 3.08. The number of aromatic nitrogens is 2. The fraction of sp³-hybridized carbons (Fsp3) is 0.250. The van der Waals surface area contributed by atoms with Gasteiger partial charge >= 0.3 is 0 Å². The number of rotatable bonds is 9. The molecule has 0 saturated carbocycles. The maximum atomic E-state index is 12.2. The van der Waals surface area contributed by atoms with Gasteiger partial charge in [-0.1, -0.05) is 36.0 Å². The SMILES string of the molecule is COCCn1c(SCC(=O)NCC(=O)Nc2ccccc2Br)nc2ccccc21. The van der Waals surface area contributed by atoms with Crippen LogP contribution in [0.25, 0.3) is 11.0 Å². The van der Waals surface area contributed by atoms with E-state index in [9.17, 15) is 9.59 Å². The van der Waals surface area contributed by atoms with E-state index in [0.29, 0.717) is 18.8 Å². The molecule has 0 unspecified atom stereocenters. The first-order chi connectivity index (χ1) is 14.1. The summed E-state index contributed by atoms with van der Waals surface area (Å²) >= 11 is 4.71. The number of carbonyl (C=O) groups is 2. The normalized spacial score (nSPS) is 10.8. The third kappa shape index (κ3) is 5.81. The monoisotopic (exact) mass is 476 g/mol. The van der Waals surface area contributed by atoms with Gasteiger partial charge in [-0.2, -0.15) is 0 Å². The van der Waals surface area contributed by atoms with Crippen LogP contribution in [0.1, 0.15) is 0 Å². The number of halogens is 1. The highest BCUT2D eigenvalue weighted by Gasteiger charge is 2.13. The first kappa shape index (κ1) is 21.4. The summed E-state index contributed by atoms with van der Waals surface area (Å²) in [5.74, 6) is -0.358. The molecule has 0 fully saturated rings. The van der Waals surface area contributed by atoms with Crippen molar-refractivity contribution in [3.05, 3.63) is 53.0 Å². The smallest absolute Gasteiger partial charge is 0.243 e. The van der Waals surface area contributed by atoms with Crippen LogP contribution in [0.5, 0.6) is 0 Å². The first-order valence-electron chi connectivity index (χ1n) is 8.96. The van der Waals surface area contributed by atoms with Gasteiger partial charge in [-0.3, -0.25) is 9.59 Å². The number of methoxy groups -OCH3 is 1. The van der Waals surface area contributed by atoms with E-state index in [1.807, 2.05) is 47.0 Å². The fourth-order valence-corrected chi connectivity index (χ4v) is 3.93. The van der Waals surface area contributed by atoms with Crippen LogP contribution in [0.4, 0.5) is 5.69 Å². The standard InChI is InChI=1S/C20H21BrN4O3S/c1-28-11-10-25-17-9-5-4-8-16(17)24-20(25)29-13-19(27)22-12-18(26)23-15-7-3-2-6-14(15)21/h2-9H,10-13H2,1H3,(H,22,27)(H,23,26).